The van der Waals surface area contributed by atoms with Crippen molar-refractivity contribution in [3.05, 3.63) is 0 Å². The van der Waals surface area contributed by atoms with Crippen molar-refractivity contribution >= 4 is 45.4 Å². The first kappa shape index (κ1) is 37.0. The number of rotatable bonds is 23. The van der Waals surface area contributed by atoms with Crippen molar-refractivity contribution in [1.82, 2.24) is 20.7 Å². The first-order valence-corrected chi connectivity index (χ1v) is 13.5. The summed E-state index contributed by atoms with van der Waals surface area (Å²) in [5.74, 6) is -2.13. The quantitative estimate of drug-likeness (QED) is 0.0238. The predicted molar refractivity (Wildman–Crippen MR) is 131 cm³/mol. The van der Waals surface area contributed by atoms with Gasteiger partial charge in [-0.25, -0.2) is 10.4 Å². The van der Waals surface area contributed by atoms with Gasteiger partial charge in [0.25, 0.3) is 0 Å². The number of hydrogen-bond acceptors (Lipinski definition) is 12. The van der Waals surface area contributed by atoms with Crippen LogP contribution in [0.3, 0.4) is 0 Å². The number of aliphatic carboxylic acids is 3. The third-order valence-electron chi connectivity index (χ3n) is 4.24. The molecule has 8 N–H and O–H groups in total. The molecule has 0 aliphatic rings. The first-order chi connectivity index (χ1) is 16.5. The van der Waals surface area contributed by atoms with Crippen molar-refractivity contribution in [3.63, 3.8) is 0 Å². The summed E-state index contributed by atoms with van der Waals surface area (Å²) < 4.78 is 5.15. The van der Waals surface area contributed by atoms with Gasteiger partial charge in [-0.05, 0) is 19.3 Å². The number of carbonyl (C=O) groups excluding carboxylic acids is 1. The topological polar surface area (TPSA) is 215 Å². The van der Waals surface area contributed by atoms with Crippen molar-refractivity contribution in [2.45, 2.75) is 38.6 Å². The number of ether oxygens (including phenoxy) is 1. The molecule has 0 saturated heterocycles. The maximum absolute atomic E-state index is 12.1. The summed E-state index contributed by atoms with van der Waals surface area (Å²) >= 11 is 0. The number of amides is 1. The van der Waals surface area contributed by atoms with E-state index in [1.807, 2.05) is 6.92 Å². The molecule has 17 heteroatoms. The molecule has 1 amide bonds. The van der Waals surface area contributed by atoms with Crippen LogP contribution in [0.1, 0.15) is 26.2 Å². The van der Waals surface area contributed by atoms with E-state index in [0.717, 1.165) is 10.8 Å². The monoisotopic (exact) mass is 599 g/mol. The van der Waals surface area contributed by atoms with E-state index in [2.05, 4.69) is 10.7 Å². The van der Waals surface area contributed by atoms with Crippen LogP contribution in [0.2, 0.25) is 0 Å². The average molecular weight is 600 g/mol. The van der Waals surface area contributed by atoms with E-state index in [4.69, 9.17) is 25.8 Å². The number of carbonyl (C=O) groups is 4. The fraction of sp³-hybridized carbons (Fsp3) is 0.789. The van der Waals surface area contributed by atoms with E-state index in [9.17, 15) is 24.3 Å². The molecule has 2 atom stereocenters. The van der Waals surface area contributed by atoms with Crippen LogP contribution in [0.25, 0.3) is 0 Å². The van der Waals surface area contributed by atoms with E-state index < -0.39 is 43.5 Å². The maximum atomic E-state index is 12.1. The molecular formula is C19H37FeN5O9S2+2. The summed E-state index contributed by atoms with van der Waals surface area (Å²) in [5, 5.41) is 40.8. The number of aliphatic hydroxyl groups excluding tert-OH is 1. The van der Waals surface area contributed by atoms with Crippen LogP contribution < -0.4 is 16.5 Å². The molecule has 0 aromatic rings. The first-order valence-electron chi connectivity index (χ1n) is 11.0. The molecule has 0 spiro atoms. The Morgan fingerprint density at radius 1 is 1.00 bits per heavy atom. The van der Waals surface area contributed by atoms with Gasteiger partial charge in [0.1, 0.15) is 12.6 Å². The largest absolute Gasteiger partial charge is 2.00 e. The SMILES string of the molecule is CCSSCCNC(=O)CN(CCN(CC(=O)O)NC(O)OCCCC[C@H](N)C(=O)O)CC(=O)O.[Fe+2]. The Balaban J connectivity index is 0. The Bertz CT molecular complexity index is 654. The van der Waals surface area contributed by atoms with E-state index in [1.54, 1.807) is 21.6 Å². The van der Waals surface area contributed by atoms with Gasteiger partial charge in [0, 0.05) is 31.1 Å². The summed E-state index contributed by atoms with van der Waals surface area (Å²) in [5.41, 5.74) is 7.87. The Kier molecular flexibility index (Phi) is 23.7. The van der Waals surface area contributed by atoms with Gasteiger partial charge in [0.05, 0.1) is 19.7 Å². The number of carboxylic acid groups (broad SMARTS) is 3. The number of unbranched alkanes of at least 4 members (excludes halogenated alkanes) is 1. The van der Waals surface area contributed by atoms with Crippen LogP contribution in [0.5, 0.6) is 0 Å². The zero-order valence-electron chi connectivity index (χ0n) is 20.1. The Morgan fingerprint density at radius 3 is 2.25 bits per heavy atom. The van der Waals surface area contributed by atoms with Crippen LogP contribution in [0, 0.1) is 0 Å². The number of hydrogen-bond donors (Lipinski definition) is 7. The minimum Gasteiger partial charge on any atom is -0.480 e. The number of aliphatic hydroxyl groups is 1. The molecule has 0 aromatic heterocycles. The van der Waals surface area contributed by atoms with E-state index in [-0.39, 0.29) is 55.6 Å². The van der Waals surface area contributed by atoms with Crippen molar-refractivity contribution in [1.29, 1.82) is 0 Å². The van der Waals surface area contributed by atoms with Crippen LogP contribution >= 0.6 is 21.6 Å². The van der Waals surface area contributed by atoms with Gasteiger partial charge in [-0.1, -0.05) is 28.5 Å². The Labute approximate surface area is 228 Å². The molecule has 0 saturated carbocycles. The molecule has 0 radical (unpaired) electrons. The molecule has 0 aromatic carbocycles. The van der Waals surface area contributed by atoms with Gasteiger partial charge < -0.3 is 36.2 Å². The maximum Gasteiger partial charge on any atom is 2.00 e. The Morgan fingerprint density at radius 2 is 1.67 bits per heavy atom. The smallest absolute Gasteiger partial charge is 0.480 e. The minimum atomic E-state index is -1.54. The van der Waals surface area contributed by atoms with Gasteiger partial charge in [0.2, 0.25) is 12.3 Å². The molecule has 0 fully saturated rings. The molecule has 36 heavy (non-hydrogen) atoms. The third kappa shape index (κ3) is 22.1. The normalized spacial score (nSPS) is 12.7. The van der Waals surface area contributed by atoms with Gasteiger partial charge in [0.15, 0.2) is 0 Å². The van der Waals surface area contributed by atoms with Gasteiger partial charge in [-0.15, -0.1) is 0 Å². The summed E-state index contributed by atoms with van der Waals surface area (Å²) in [4.78, 5) is 46.5. The Hall–Kier alpha value is -1.14. The predicted octanol–water partition coefficient (Wildman–Crippen LogP) is -1.35. The van der Waals surface area contributed by atoms with Gasteiger partial charge in [-0.2, -0.15) is 0 Å². The third-order valence-corrected chi connectivity index (χ3v) is 6.72. The zero-order valence-corrected chi connectivity index (χ0v) is 22.8. The number of carboxylic acids is 3. The van der Waals surface area contributed by atoms with E-state index >= 15 is 0 Å². The number of nitrogens with two attached hydrogens (primary N) is 1. The molecule has 0 heterocycles. The second-order valence-corrected chi connectivity index (χ2v) is 10.2. The zero-order chi connectivity index (χ0) is 26.6. The second-order valence-electron chi connectivity index (χ2n) is 7.29. The molecular weight excluding hydrogens is 562 g/mol. The fourth-order valence-corrected chi connectivity index (χ4v) is 4.20. The summed E-state index contributed by atoms with van der Waals surface area (Å²) in [6.45, 7) is 1.41. The molecule has 0 rings (SSSR count). The number of nitrogens with one attached hydrogen (secondary N) is 2. The summed E-state index contributed by atoms with van der Waals surface area (Å²) in [7, 11) is 3.29. The summed E-state index contributed by atoms with van der Waals surface area (Å²) in [6.07, 6.45) is -0.411. The van der Waals surface area contributed by atoms with Crippen molar-refractivity contribution in [3.8, 4) is 0 Å². The molecule has 14 nitrogen and oxygen atoms in total. The van der Waals surface area contributed by atoms with Crippen LogP contribution in [-0.4, -0.2) is 124 Å². The van der Waals surface area contributed by atoms with E-state index in [1.165, 1.54) is 4.90 Å². The van der Waals surface area contributed by atoms with Crippen LogP contribution in [0.15, 0.2) is 0 Å². The molecule has 210 valence electrons. The van der Waals surface area contributed by atoms with E-state index in [0.29, 0.717) is 25.1 Å². The van der Waals surface area contributed by atoms with Crippen molar-refractivity contribution in [2.75, 3.05) is 57.4 Å². The van der Waals surface area contributed by atoms with Crippen LogP contribution in [-0.2, 0) is 41.0 Å². The molecule has 0 bridgehead atoms. The molecule has 0 aliphatic carbocycles. The van der Waals surface area contributed by atoms with Crippen molar-refractivity contribution < 1.29 is 61.4 Å². The van der Waals surface area contributed by atoms with Gasteiger partial charge in [-0.3, -0.25) is 24.1 Å². The fourth-order valence-electron chi connectivity index (χ4n) is 2.63. The summed E-state index contributed by atoms with van der Waals surface area (Å²) in [6, 6.07) is -0.973. The molecule has 0 aliphatic heterocycles. The average Bonchev–Trinajstić information content (AvgIpc) is 2.75. The minimum absolute atomic E-state index is 0. The van der Waals surface area contributed by atoms with Crippen LogP contribution in [0.4, 0.5) is 0 Å². The molecule has 1 unspecified atom stereocenters. The second kappa shape index (κ2) is 23.0. The number of nitrogens with zero attached hydrogens (tertiary/aromatic N) is 2. The number of hydrazine groups is 1. The standard InChI is InChI=1S/C19H37N5O9S2.Fe/c1-2-34-35-10-6-21-15(25)11-23(12-16(26)27)7-8-24(13-17(28)29)22-19(32)33-9-4-3-5-14(20)18(30)31;/h14,19,22,32H,2-13,20H2,1H3,(H,21,25)(H,26,27)(H,28,29)(H,30,31);/q;+2/t14-,19?;/m0./s1. The van der Waals surface area contributed by atoms with Gasteiger partial charge >= 0.3 is 35.0 Å². The van der Waals surface area contributed by atoms with Crippen molar-refractivity contribution in [2.24, 2.45) is 5.73 Å².